The summed E-state index contributed by atoms with van der Waals surface area (Å²) in [5, 5.41) is 10.1. The van der Waals surface area contributed by atoms with Gasteiger partial charge >= 0.3 is 0 Å². The number of rotatable bonds is 3. The molecule has 0 saturated heterocycles. The van der Waals surface area contributed by atoms with E-state index in [9.17, 15) is 0 Å². The average molecular weight is 663 g/mol. The molecule has 1 heteroatoms. The van der Waals surface area contributed by atoms with Gasteiger partial charge in [0.05, 0.1) is 0 Å². The van der Waals surface area contributed by atoms with Crippen molar-refractivity contribution in [3.63, 3.8) is 0 Å². The van der Waals surface area contributed by atoms with Crippen molar-refractivity contribution in [2.45, 2.75) is 19.3 Å². The molecule has 0 spiro atoms. The Bertz CT molecular complexity index is 3010. The Balaban J connectivity index is 1.04. The molecule has 1 aliphatic carbocycles. The molecule has 0 saturated carbocycles. The predicted molar refractivity (Wildman–Crippen MR) is 220 cm³/mol. The lowest BCUT2D eigenvalue weighted by Gasteiger charge is -2.23. The zero-order valence-electron chi connectivity index (χ0n) is 29.1. The van der Waals surface area contributed by atoms with Crippen molar-refractivity contribution in [2.75, 3.05) is 0 Å². The van der Waals surface area contributed by atoms with Crippen molar-refractivity contribution in [1.82, 2.24) is 0 Å². The van der Waals surface area contributed by atoms with Crippen LogP contribution >= 0.6 is 0 Å². The number of benzene rings is 9. The van der Waals surface area contributed by atoms with Crippen molar-refractivity contribution >= 4 is 54.3 Å². The SMILES string of the molecule is CC1(C)c2ccc(-c3ccc(-c4c5ccccc5c(-c5ccccc5)c5ccccc45)cc3)cc2-c2ccc3c(ccc4oc5ccccc5c43)c21. The Morgan fingerprint density at radius 2 is 0.904 bits per heavy atom. The fraction of sp³-hybridized carbons (Fsp3) is 0.0588. The number of hydrogen-bond donors (Lipinski definition) is 0. The molecule has 1 heterocycles. The Hall–Kier alpha value is -6.44. The molecule has 1 aromatic heterocycles. The van der Waals surface area contributed by atoms with Crippen molar-refractivity contribution in [3.05, 3.63) is 181 Å². The van der Waals surface area contributed by atoms with E-state index in [0.29, 0.717) is 0 Å². The molecule has 52 heavy (non-hydrogen) atoms. The van der Waals surface area contributed by atoms with E-state index in [0.717, 1.165) is 11.2 Å². The summed E-state index contributed by atoms with van der Waals surface area (Å²) in [4.78, 5) is 0. The van der Waals surface area contributed by atoms with Gasteiger partial charge in [-0.3, -0.25) is 0 Å². The molecule has 244 valence electrons. The molecular weight excluding hydrogens is 629 g/mol. The van der Waals surface area contributed by atoms with Crippen molar-refractivity contribution < 1.29 is 4.42 Å². The van der Waals surface area contributed by atoms with Crippen LogP contribution in [0, 0.1) is 0 Å². The second-order valence-electron chi connectivity index (χ2n) is 14.8. The van der Waals surface area contributed by atoms with Gasteiger partial charge in [-0.1, -0.05) is 166 Å². The Kier molecular flexibility index (Phi) is 6.08. The van der Waals surface area contributed by atoms with Gasteiger partial charge in [0.2, 0.25) is 0 Å². The number of para-hydroxylation sites is 1. The third kappa shape index (κ3) is 4.05. The van der Waals surface area contributed by atoms with Crippen LogP contribution in [0.5, 0.6) is 0 Å². The molecule has 0 bridgehead atoms. The van der Waals surface area contributed by atoms with Crippen molar-refractivity contribution in [2.24, 2.45) is 0 Å². The third-order valence-electron chi connectivity index (χ3n) is 11.6. The van der Waals surface area contributed by atoms with E-state index < -0.39 is 0 Å². The van der Waals surface area contributed by atoms with Gasteiger partial charge < -0.3 is 4.42 Å². The van der Waals surface area contributed by atoms with Crippen LogP contribution in [-0.2, 0) is 5.41 Å². The first kappa shape index (κ1) is 29.3. The lowest BCUT2D eigenvalue weighted by atomic mass is 9.79. The second kappa shape index (κ2) is 10.8. The van der Waals surface area contributed by atoms with Crippen LogP contribution < -0.4 is 0 Å². The molecule has 1 nitrogen and oxygen atoms in total. The van der Waals surface area contributed by atoms with E-state index in [2.05, 4.69) is 178 Å². The minimum atomic E-state index is -0.131. The van der Waals surface area contributed by atoms with Crippen LogP contribution in [0.3, 0.4) is 0 Å². The molecule has 1 aliphatic rings. The van der Waals surface area contributed by atoms with Crippen molar-refractivity contribution in [3.8, 4) is 44.5 Å². The Morgan fingerprint density at radius 3 is 1.58 bits per heavy atom. The number of hydrogen-bond acceptors (Lipinski definition) is 1. The van der Waals surface area contributed by atoms with E-state index in [1.807, 2.05) is 6.07 Å². The number of fused-ring (bicyclic) bond motifs is 11. The summed E-state index contributed by atoms with van der Waals surface area (Å²) in [6, 6.07) is 62.3. The van der Waals surface area contributed by atoms with Gasteiger partial charge in [0.1, 0.15) is 11.2 Å². The predicted octanol–water partition coefficient (Wildman–Crippen LogP) is 14.4. The van der Waals surface area contributed by atoms with E-state index in [1.165, 1.54) is 98.7 Å². The molecule has 0 fully saturated rings. The van der Waals surface area contributed by atoms with Gasteiger partial charge in [0, 0.05) is 16.2 Å². The van der Waals surface area contributed by atoms with Gasteiger partial charge in [-0.2, -0.15) is 0 Å². The third-order valence-corrected chi connectivity index (χ3v) is 11.6. The molecule has 0 N–H and O–H groups in total. The normalized spacial score (nSPS) is 13.3. The highest BCUT2D eigenvalue weighted by Gasteiger charge is 2.37. The summed E-state index contributed by atoms with van der Waals surface area (Å²) in [6.45, 7) is 4.75. The van der Waals surface area contributed by atoms with Gasteiger partial charge in [-0.25, -0.2) is 0 Å². The lowest BCUT2D eigenvalue weighted by Crippen LogP contribution is -2.15. The molecule has 0 aliphatic heterocycles. The molecule has 9 aromatic carbocycles. The standard InChI is InChI=1S/C51H34O/c1-51(2)44-28-24-34(30-43(44)41-26-25-39-40(50(41)51)27-29-46-49(39)42-18-10-11-19-45(42)52-46)31-20-22-33(23-21-31)48-37-16-8-6-14-35(37)47(32-12-4-3-5-13-32)36-15-7-9-17-38(36)48/h3-30H,1-2H3. The minimum Gasteiger partial charge on any atom is -0.456 e. The van der Waals surface area contributed by atoms with Crippen LogP contribution in [0.4, 0.5) is 0 Å². The summed E-state index contributed by atoms with van der Waals surface area (Å²) in [5.74, 6) is 0. The van der Waals surface area contributed by atoms with Crippen LogP contribution in [0.2, 0.25) is 0 Å². The van der Waals surface area contributed by atoms with Gasteiger partial charge in [0.25, 0.3) is 0 Å². The lowest BCUT2D eigenvalue weighted by molar-refractivity contribution is 0.665. The van der Waals surface area contributed by atoms with Crippen LogP contribution in [0.1, 0.15) is 25.0 Å². The van der Waals surface area contributed by atoms with E-state index >= 15 is 0 Å². The molecule has 0 radical (unpaired) electrons. The molecule has 0 amide bonds. The largest absolute Gasteiger partial charge is 0.456 e. The monoisotopic (exact) mass is 662 g/mol. The zero-order valence-corrected chi connectivity index (χ0v) is 29.1. The fourth-order valence-electron chi connectivity index (χ4n) is 9.34. The molecule has 0 unspecified atom stereocenters. The van der Waals surface area contributed by atoms with E-state index in [4.69, 9.17) is 4.42 Å². The highest BCUT2D eigenvalue weighted by molar-refractivity contribution is 6.22. The molecule has 11 rings (SSSR count). The maximum Gasteiger partial charge on any atom is 0.136 e. The Morgan fingerprint density at radius 1 is 0.365 bits per heavy atom. The maximum atomic E-state index is 6.26. The summed E-state index contributed by atoms with van der Waals surface area (Å²) in [7, 11) is 0. The van der Waals surface area contributed by atoms with Crippen LogP contribution in [0.25, 0.3) is 98.8 Å². The van der Waals surface area contributed by atoms with E-state index in [-0.39, 0.29) is 5.41 Å². The highest BCUT2D eigenvalue weighted by atomic mass is 16.3. The summed E-state index contributed by atoms with van der Waals surface area (Å²) in [6.07, 6.45) is 0. The minimum absolute atomic E-state index is 0.131. The van der Waals surface area contributed by atoms with Crippen molar-refractivity contribution in [1.29, 1.82) is 0 Å². The fourth-order valence-corrected chi connectivity index (χ4v) is 9.34. The maximum absolute atomic E-state index is 6.26. The van der Waals surface area contributed by atoms with Gasteiger partial charge in [-0.05, 0) is 106 Å². The summed E-state index contributed by atoms with van der Waals surface area (Å²) in [5.41, 5.74) is 14.7. The van der Waals surface area contributed by atoms with Crippen LogP contribution in [0.15, 0.2) is 174 Å². The van der Waals surface area contributed by atoms with Crippen LogP contribution in [-0.4, -0.2) is 0 Å². The summed E-state index contributed by atoms with van der Waals surface area (Å²) < 4.78 is 6.26. The van der Waals surface area contributed by atoms with Gasteiger partial charge in [0.15, 0.2) is 0 Å². The quantitative estimate of drug-likeness (QED) is 0.172. The highest BCUT2D eigenvalue weighted by Crippen LogP contribution is 2.53. The van der Waals surface area contributed by atoms with Gasteiger partial charge in [-0.15, -0.1) is 0 Å². The smallest absolute Gasteiger partial charge is 0.136 e. The first-order chi connectivity index (χ1) is 25.6. The number of furan rings is 1. The average Bonchev–Trinajstić information content (AvgIpc) is 3.69. The first-order valence-electron chi connectivity index (χ1n) is 18.2. The zero-order chi connectivity index (χ0) is 34.6. The van der Waals surface area contributed by atoms with E-state index in [1.54, 1.807) is 0 Å². The molecular formula is C51H34O. The molecule has 10 aromatic rings. The second-order valence-corrected chi connectivity index (χ2v) is 14.8. The molecule has 0 atom stereocenters. The first-order valence-corrected chi connectivity index (χ1v) is 18.2. The topological polar surface area (TPSA) is 13.1 Å². The summed E-state index contributed by atoms with van der Waals surface area (Å²) >= 11 is 0. The Labute approximate surface area is 302 Å².